The lowest BCUT2D eigenvalue weighted by molar-refractivity contribution is 0.863. The van der Waals surface area contributed by atoms with E-state index in [9.17, 15) is 0 Å². The molecule has 0 radical (unpaired) electrons. The number of aryl methyl sites for hydroxylation is 1. The molecule has 1 aromatic heterocycles. The number of hydrogen-bond donors (Lipinski definition) is 0. The van der Waals surface area contributed by atoms with E-state index in [1.807, 2.05) is 29.1 Å². The predicted molar refractivity (Wildman–Crippen MR) is 57.9 cm³/mol. The second-order valence-electron chi connectivity index (χ2n) is 3.17. The molecule has 0 aliphatic carbocycles. The van der Waals surface area contributed by atoms with Gasteiger partial charge in [0.15, 0.2) is 0 Å². The molecule has 0 saturated heterocycles. The fraction of sp³-hybridized carbons (Fsp3) is 0.182. The molecular formula is C11H11ClN2. The summed E-state index contributed by atoms with van der Waals surface area (Å²) in [5.74, 6) is 0.511. The third kappa shape index (κ3) is 1.53. The minimum Gasteiger partial charge on any atom is -0.240 e. The molecule has 1 heterocycles. The summed E-state index contributed by atoms with van der Waals surface area (Å²) in [7, 11) is 0. The Bertz CT molecular complexity index is 421. The van der Waals surface area contributed by atoms with Crippen LogP contribution in [-0.2, 0) is 5.88 Å². The van der Waals surface area contributed by atoms with Crippen molar-refractivity contribution in [3.63, 3.8) is 0 Å². The topological polar surface area (TPSA) is 17.8 Å². The summed E-state index contributed by atoms with van der Waals surface area (Å²) in [4.78, 5) is 0. The number of hydrogen-bond acceptors (Lipinski definition) is 1. The molecule has 0 N–H and O–H groups in total. The molecule has 0 aliphatic rings. The summed E-state index contributed by atoms with van der Waals surface area (Å²) in [6.45, 7) is 2.06. The summed E-state index contributed by atoms with van der Waals surface area (Å²) in [6, 6.07) is 8.01. The van der Waals surface area contributed by atoms with Crippen molar-refractivity contribution >= 4 is 11.6 Å². The standard InChI is InChI=1S/C11H11ClN2/c1-9-4-2-5-10(8-12)11(9)14-7-3-6-13-14/h2-7H,8H2,1H3. The van der Waals surface area contributed by atoms with Gasteiger partial charge in [0.2, 0.25) is 0 Å². The molecule has 0 unspecified atom stereocenters. The first-order valence-electron chi connectivity index (χ1n) is 4.47. The Kier molecular flexibility index (Phi) is 2.55. The molecule has 14 heavy (non-hydrogen) atoms. The van der Waals surface area contributed by atoms with Gasteiger partial charge in [-0.05, 0) is 24.1 Å². The van der Waals surface area contributed by atoms with Crippen LogP contribution in [-0.4, -0.2) is 9.78 Å². The molecule has 2 rings (SSSR count). The second-order valence-corrected chi connectivity index (χ2v) is 3.43. The van der Waals surface area contributed by atoms with Crippen molar-refractivity contribution in [1.82, 2.24) is 9.78 Å². The molecule has 0 fully saturated rings. The number of nitrogens with zero attached hydrogens (tertiary/aromatic N) is 2. The quantitative estimate of drug-likeness (QED) is 0.691. The van der Waals surface area contributed by atoms with Gasteiger partial charge < -0.3 is 0 Å². The summed E-state index contributed by atoms with van der Waals surface area (Å²) >= 11 is 5.88. The maximum Gasteiger partial charge on any atom is 0.0718 e. The van der Waals surface area contributed by atoms with Crippen LogP contribution < -0.4 is 0 Å². The highest BCUT2D eigenvalue weighted by Gasteiger charge is 2.06. The van der Waals surface area contributed by atoms with E-state index in [-0.39, 0.29) is 0 Å². The number of halogens is 1. The van der Waals surface area contributed by atoms with E-state index >= 15 is 0 Å². The van der Waals surface area contributed by atoms with Gasteiger partial charge in [-0.25, -0.2) is 4.68 Å². The van der Waals surface area contributed by atoms with E-state index in [1.54, 1.807) is 6.20 Å². The highest BCUT2D eigenvalue weighted by molar-refractivity contribution is 6.17. The average molecular weight is 207 g/mol. The molecular weight excluding hydrogens is 196 g/mol. The van der Waals surface area contributed by atoms with Gasteiger partial charge in [0, 0.05) is 18.3 Å². The molecule has 0 atom stereocenters. The van der Waals surface area contributed by atoms with Crippen LogP contribution in [0.2, 0.25) is 0 Å². The molecule has 0 aliphatic heterocycles. The Morgan fingerprint density at radius 1 is 1.36 bits per heavy atom. The Hall–Kier alpha value is -1.28. The van der Waals surface area contributed by atoms with Crippen LogP contribution in [0.4, 0.5) is 0 Å². The van der Waals surface area contributed by atoms with Gasteiger partial charge in [0.25, 0.3) is 0 Å². The zero-order chi connectivity index (χ0) is 9.97. The lowest BCUT2D eigenvalue weighted by Crippen LogP contribution is -2.01. The van der Waals surface area contributed by atoms with Crippen LogP contribution in [0.25, 0.3) is 5.69 Å². The predicted octanol–water partition coefficient (Wildman–Crippen LogP) is 2.92. The number of rotatable bonds is 2. The normalized spacial score (nSPS) is 10.4. The molecule has 3 heteroatoms. The zero-order valence-corrected chi connectivity index (χ0v) is 8.70. The van der Waals surface area contributed by atoms with Crippen LogP contribution in [0.1, 0.15) is 11.1 Å². The number of aromatic nitrogens is 2. The maximum absolute atomic E-state index is 5.88. The monoisotopic (exact) mass is 206 g/mol. The van der Waals surface area contributed by atoms with Crippen molar-refractivity contribution in [2.24, 2.45) is 0 Å². The molecule has 0 bridgehead atoms. The maximum atomic E-state index is 5.88. The Morgan fingerprint density at radius 3 is 2.86 bits per heavy atom. The lowest BCUT2D eigenvalue weighted by atomic mass is 10.1. The number of para-hydroxylation sites is 1. The van der Waals surface area contributed by atoms with E-state index in [0.717, 1.165) is 11.3 Å². The molecule has 1 aromatic carbocycles. The summed E-state index contributed by atoms with van der Waals surface area (Å²) < 4.78 is 1.85. The minimum absolute atomic E-state index is 0.511. The summed E-state index contributed by atoms with van der Waals surface area (Å²) in [5, 5.41) is 4.21. The summed E-state index contributed by atoms with van der Waals surface area (Å²) in [6.07, 6.45) is 3.70. The van der Waals surface area contributed by atoms with Crippen LogP contribution in [0.15, 0.2) is 36.7 Å². The Morgan fingerprint density at radius 2 is 2.21 bits per heavy atom. The molecule has 2 aromatic rings. The van der Waals surface area contributed by atoms with E-state index < -0.39 is 0 Å². The van der Waals surface area contributed by atoms with Crippen molar-refractivity contribution < 1.29 is 0 Å². The highest BCUT2D eigenvalue weighted by atomic mass is 35.5. The third-order valence-corrected chi connectivity index (χ3v) is 2.49. The van der Waals surface area contributed by atoms with Crippen LogP contribution >= 0.6 is 11.6 Å². The number of benzene rings is 1. The van der Waals surface area contributed by atoms with Crippen LogP contribution in [0.3, 0.4) is 0 Å². The van der Waals surface area contributed by atoms with E-state index in [2.05, 4.69) is 18.1 Å². The molecule has 0 spiro atoms. The van der Waals surface area contributed by atoms with Gasteiger partial charge in [0.05, 0.1) is 5.69 Å². The number of alkyl halides is 1. The van der Waals surface area contributed by atoms with Gasteiger partial charge >= 0.3 is 0 Å². The van der Waals surface area contributed by atoms with Gasteiger partial charge in [-0.3, -0.25) is 0 Å². The van der Waals surface area contributed by atoms with Gasteiger partial charge in [-0.1, -0.05) is 18.2 Å². The van der Waals surface area contributed by atoms with Crippen molar-refractivity contribution in [3.8, 4) is 5.69 Å². The first-order chi connectivity index (χ1) is 6.83. The SMILES string of the molecule is Cc1cccc(CCl)c1-n1cccn1. The molecule has 72 valence electrons. The lowest BCUT2D eigenvalue weighted by Gasteiger charge is -2.10. The first kappa shape index (κ1) is 9.28. The van der Waals surface area contributed by atoms with Gasteiger partial charge in [-0.15, -0.1) is 11.6 Å². The first-order valence-corrected chi connectivity index (χ1v) is 5.01. The van der Waals surface area contributed by atoms with Crippen molar-refractivity contribution in [3.05, 3.63) is 47.8 Å². The minimum atomic E-state index is 0.511. The van der Waals surface area contributed by atoms with Crippen LogP contribution in [0.5, 0.6) is 0 Å². The van der Waals surface area contributed by atoms with Gasteiger partial charge in [0.1, 0.15) is 0 Å². The zero-order valence-electron chi connectivity index (χ0n) is 7.94. The largest absolute Gasteiger partial charge is 0.240 e. The van der Waals surface area contributed by atoms with Crippen molar-refractivity contribution in [2.45, 2.75) is 12.8 Å². The highest BCUT2D eigenvalue weighted by Crippen LogP contribution is 2.19. The van der Waals surface area contributed by atoms with Crippen molar-refractivity contribution in [1.29, 1.82) is 0 Å². The Balaban J connectivity index is 2.61. The summed E-state index contributed by atoms with van der Waals surface area (Å²) in [5.41, 5.74) is 3.38. The van der Waals surface area contributed by atoms with Crippen LogP contribution in [0, 0.1) is 6.92 Å². The fourth-order valence-corrected chi connectivity index (χ4v) is 1.77. The van der Waals surface area contributed by atoms with Crippen molar-refractivity contribution in [2.75, 3.05) is 0 Å². The van der Waals surface area contributed by atoms with E-state index in [4.69, 9.17) is 11.6 Å². The second kappa shape index (κ2) is 3.84. The molecule has 0 amide bonds. The fourth-order valence-electron chi connectivity index (χ4n) is 1.56. The smallest absolute Gasteiger partial charge is 0.0718 e. The molecule has 2 nitrogen and oxygen atoms in total. The van der Waals surface area contributed by atoms with Gasteiger partial charge in [-0.2, -0.15) is 5.10 Å². The van der Waals surface area contributed by atoms with E-state index in [1.165, 1.54) is 5.56 Å². The molecule has 0 saturated carbocycles. The third-order valence-electron chi connectivity index (χ3n) is 2.20. The Labute approximate surface area is 88.1 Å². The van der Waals surface area contributed by atoms with E-state index in [0.29, 0.717) is 5.88 Å². The average Bonchev–Trinajstić information content (AvgIpc) is 2.70.